The van der Waals surface area contributed by atoms with E-state index in [9.17, 15) is 4.79 Å². The van der Waals surface area contributed by atoms with E-state index in [1.807, 2.05) is 4.90 Å². The SMILES string of the molecule is CCN(CC)c1ccc(NCCC(=O)N2CCC3(CC2)OCCO3)cc1. The molecule has 6 heteroatoms. The molecule has 1 amide bonds. The first-order valence-electron chi connectivity index (χ1n) is 9.80. The fourth-order valence-electron chi connectivity index (χ4n) is 3.73. The van der Waals surface area contributed by atoms with Crippen LogP contribution in [0.3, 0.4) is 0 Å². The van der Waals surface area contributed by atoms with Crippen LogP contribution < -0.4 is 10.2 Å². The molecule has 26 heavy (non-hydrogen) atoms. The number of anilines is 2. The smallest absolute Gasteiger partial charge is 0.224 e. The van der Waals surface area contributed by atoms with Crippen LogP contribution in [-0.2, 0) is 14.3 Å². The summed E-state index contributed by atoms with van der Waals surface area (Å²) in [6.07, 6.45) is 2.06. The molecular formula is C20H31N3O3. The Morgan fingerprint density at radius 3 is 2.31 bits per heavy atom. The second kappa shape index (κ2) is 8.73. The van der Waals surface area contributed by atoms with Crippen molar-refractivity contribution >= 4 is 17.3 Å². The molecule has 0 aliphatic carbocycles. The minimum absolute atomic E-state index is 0.199. The highest BCUT2D eigenvalue weighted by Gasteiger charge is 2.40. The molecule has 0 radical (unpaired) electrons. The average molecular weight is 361 g/mol. The van der Waals surface area contributed by atoms with E-state index in [1.165, 1.54) is 5.69 Å². The van der Waals surface area contributed by atoms with Crippen molar-refractivity contribution in [3.63, 3.8) is 0 Å². The van der Waals surface area contributed by atoms with Crippen LogP contribution in [0.5, 0.6) is 0 Å². The summed E-state index contributed by atoms with van der Waals surface area (Å²) in [7, 11) is 0. The number of carbonyl (C=O) groups is 1. The first-order valence-corrected chi connectivity index (χ1v) is 9.80. The zero-order chi connectivity index (χ0) is 18.4. The largest absolute Gasteiger partial charge is 0.385 e. The number of hydrogen-bond donors (Lipinski definition) is 1. The van der Waals surface area contributed by atoms with Gasteiger partial charge in [-0.05, 0) is 38.1 Å². The molecular weight excluding hydrogens is 330 g/mol. The summed E-state index contributed by atoms with van der Waals surface area (Å²) < 4.78 is 11.4. The molecule has 0 unspecified atom stereocenters. The third-order valence-electron chi connectivity index (χ3n) is 5.36. The highest BCUT2D eigenvalue weighted by atomic mass is 16.7. The van der Waals surface area contributed by atoms with Crippen LogP contribution in [0.4, 0.5) is 11.4 Å². The molecule has 144 valence electrons. The molecule has 1 spiro atoms. The van der Waals surface area contributed by atoms with Gasteiger partial charge in [0.15, 0.2) is 5.79 Å². The molecule has 0 saturated carbocycles. The summed E-state index contributed by atoms with van der Waals surface area (Å²) in [5.74, 6) is -0.216. The summed E-state index contributed by atoms with van der Waals surface area (Å²) in [6, 6.07) is 8.42. The summed E-state index contributed by atoms with van der Waals surface area (Å²) in [4.78, 5) is 16.7. The summed E-state index contributed by atoms with van der Waals surface area (Å²) >= 11 is 0. The Kier molecular flexibility index (Phi) is 6.38. The van der Waals surface area contributed by atoms with Gasteiger partial charge in [-0.25, -0.2) is 0 Å². The first kappa shape index (κ1) is 19.0. The van der Waals surface area contributed by atoms with Gasteiger partial charge >= 0.3 is 0 Å². The average Bonchev–Trinajstić information content (AvgIpc) is 3.12. The van der Waals surface area contributed by atoms with Gasteiger partial charge in [-0.3, -0.25) is 4.79 Å². The Hall–Kier alpha value is -1.79. The van der Waals surface area contributed by atoms with Gasteiger partial charge in [-0.2, -0.15) is 0 Å². The summed E-state index contributed by atoms with van der Waals surface area (Å²) in [5.41, 5.74) is 2.29. The highest BCUT2D eigenvalue weighted by Crippen LogP contribution is 2.31. The molecule has 2 aliphatic heterocycles. The van der Waals surface area contributed by atoms with Crippen molar-refractivity contribution in [3.8, 4) is 0 Å². The lowest BCUT2D eigenvalue weighted by Gasteiger charge is -2.37. The van der Waals surface area contributed by atoms with E-state index in [1.54, 1.807) is 0 Å². The summed E-state index contributed by atoms with van der Waals surface area (Å²) in [6.45, 7) is 9.77. The molecule has 6 nitrogen and oxygen atoms in total. The number of piperidine rings is 1. The molecule has 2 heterocycles. The maximum atomic E-state index is 12.4. The standard InChI is InChI=1S/C20H31N3O3/c1-3-22(4-2)18-7-5-17(6-8-18)21-12-9-19(24)23-13-10-20(11-14-23)25-15-16-26-20/h5-8,21H,3-4,9-16H2,1-2H3. The van der Waals surface area contributed by atoms with Crippen molar-refractivity contribution in [3.05, 3.63) is 24.3 Å². The molecule has 0 bridgehead atoms. The van der Waals surface area contributed by atoms with Crippen LogP contribution >= 0.6 is 0 Å². The maximum Gasteiger partial charge on any atom is 0.224 e. The molecule has 1 aromatic carbocycles. The van der Waals surface area contributed by atoms with Gasteiger partial charge in [-0.1, -0.05) is 0 Å². The van der Waals surface area contributed by atoms with E-state index in [0.29, 0.717) is 26.2 Å². The topological polar surface area (TPSA) is 54.0 Å². The van der Waals surface area contributed by atoms with Gasteiger partial charge in [0.05, 0.1) is 13.2 Å². The van der Waals surface area contributed by atoms with Gasteiger partial charge in [0.1, 0.15) is 0 Å². The van der Waals surface area contributed by atoms with Crippen LogP contribution in [0.2, 0.25) is 0 Å². The van der Waals surface area contributed by atoms with Crippen molar-refractivity contribution in [2.24, 2.45) is 0 Å². The van der Waals surface area contributed by atoms with Crippen molar-refractivity contribution in [2.45, 2.75) is 38.9 Å². The van der Waals surface area contributed by atoms with Gasteiger partial charge in [0.2, 0.25) is 5.91 Å². The zero-order valence-corrected chi connectivity index (χ0v) is 16.0. The lowest BCUT2D eigenvalue weighted by atomic mass is 10.0. The number of amides is 1. The second-order valence-corrected chi connectivity index (χ2v) is 6.88. The minimum Gasteiger partial charge on any atom is -0.385 e. The number of rotatable bonds is 7. The van der Waals surface area contributed by atoms with E-state index in [-0.39, 0.29) is 5.91 Å². The quantitative estimate of drug-likeness (QED) is 0.809. The molecule has 1 N–H and O–H groups in total. The number of nitrogens with one attached hydrogen (secondary N) is 1. The number of nitrogens with zero attached hydrogens (tertiary/aromatic N) is 2. The highest BCUT2D eigenvalue weighted by molar-refractivity contribution is 5.76. The van der Waals surface area contributed by atoms with Crippen molar-refractivity contribution in [1.29, 1.82) is 0 Å². The van der Waals surface area contributed by atoms with Gasteiger partial charge in [0.25, 0.3) is 0 Å². The third-order valence-corrected chi connectivity index (χ3v) is 5.36. The van der Waals surface area contributed by atoms with E-state index in [4.69, 9.17) is 9.47 Å². The van der Waals surface area contributed by atoms with Crippen molar-refractivity contribution in [2.75, 3.05) is 56.2 Å². The Bertz CT molecular complexity index is 570. The fourth-order valence-corrected chi connectivity index (χ4v) is 3.73. The third kappa shape index (κ3) is 4.48. The van der Waals surface area contributed by atoms with Gasteiger partial charge < -0.3 is 24.6 Å². The van der Waals surface area contributed by atoms with Crippen LogP contribution in [0.1, 0.15) is 33.1 Å². The fraction of sp³-hybridized carbons (Fsp3) is 0.650. The van der Waals surface area contributed by atoms with E-state index in [0.717, 1.165) is 44.7 Å². The number of hydrogen-bond acceptors (Lipinski definition) is 5. The van der Waals surface area contributed by atoms with Crippen LogP contribution in [-0.4, -0.2) is 62.5 Å². The van der Waals surface area contributed by atoms with Crippen molar-refractivity contribution < 1.29 is 14.3 Å². The molecule has 0 atom stereocenters. The molecule has 0 aromatic heterocycles. The predicted molar refractivity (Wildman–Crippen MR) is 104 cm³/mol. The van der Waals surface area contributed by atoms with Crippen molar-refractivity contribution in [1.82, 2.24) is 4.90 Å². The zero-order valence-electron chi connectivity index (χ0n) is 16.0. The normalized spacial score (nSPS) is 18.9. The second-order valence-electron chi connectivity index (χ2n) is 6.88. The minimum atomic E-state index is -0.415. The maximum absolute atomic E-state index is 12.4. The molecule has 2 aliphatic rings. The lowest BCUT2D eigenvalue weighted by Crippen LogP contribution is -2.47. The molecule has 2 fully saturated rings. The Balaban J connectivity index is 1.40. The molecule has 3 rings (SSSR count). The first-order chi connectivity index (χ1) is 12.7. The number of likely N-dealkylation sites (tertiary alicyclic amines) is 1. The summed E-state index contributed by atoms with van der Waals surface area (Å²) in [5, 5.41) is 3.35. The van der Waals surface area contributed by atoms with Gasteiger partial charge in [-0.15, -0.1) is 0 Å². The Labute approximate surface area is 156 Å². The van der Waals surface area contributed by atoms with E-state index >= 15 is 0 Å². The number of carbonyl (C=O) groups excluding carboxylic acids is 1. The van der Waals surface area contributed by atoms with Crippen LogP contribution in [0.15, 0.2) is 24.3 Å². The number of benzene rings is 1. The molecule has 1 aromatic rings. The Morgan fingerprint density at radius 1 is 1.12 bits per heavy atom. The Morgan fingerprint density at radius 2 is 1.73 bits per heavy atom. The molecule has 2 saturated heterocycles. The van der Waals surface area contributed by atoms with Crippen LogP contribution in [0, 0.1) is 0 Å². The predicted octanol–water partition coefficient (Wildman–Crippen LogP) is 2.70. The van der Waals surface area contributed by atoms with E-state index in [2.05, 4.69) is 48.3 Å². The van der Waals surface area contributed by atoms with Crippen LogP contribution in [0.25, 0.3) is 0 Å². The lowest BCUT2D eigenvalue weighted by molar-refractivity contribution is -0.187. The van der Waals surface area contributed by atoms with E-state index < -0.39 is 5.79 Å². The monoisotopic (exact) mass is 361 g/mol. The van der Waals surface area contributed by atoms with Gasteiger partial charge in [0, 0.05) is 63.4 Å². The number of ether oxygens (including phenoxy) is 2.